The SMILES string of the molecule is CCOC(=O)/C=C/C=C/[C@H](C)[C@@H]1O[C@]2(C=C[C@H](CC)[C@@H](C)O2)[C@@H](C)[C@H](O)[C@@H]1C. The number of allylic oxidation sites excluding steroid dienone is 2. The van der Waals surface area contributed by atoms with Gasteiger partial charge >= 0.3 is 5.97 Å². The van der Waals surface area contributed by atoms with Crippen LogP contribution < -0.4 is 0 Å². The molecule has 8 atom stereocenters. The van der Waals surface area contributed by atoms with E-state index in [-0.39, 0.29) is 35.9 Å². The number of carbonyl (C=O) groups excluding carboxylic acids is 1. The predicted molar refractivity (Wildman–Crippen MR) is 109 cm³/mol. The molecule has 2 aliphatic heterocycles. The van der Waals surface area contributed by atoms with E-state index in [0.717, 1.165) is 6.42 Å². The molecule has 0 unspecified atom stereocenters. The maximum Gasteiger partial charge on any atom is 0.330 e. The largest absolute Gasteiger partial charge is 0.463 e. The molecule has 0 saturated carbocycles. The fourth-order valence-electron chi connectivity index (χ4n) is 4.20. The highest BCUT2D eigenvalue weighted by atomic mass is 16.7. The van der Waals surface area contributed by atoms with Crippen molar-refractivity contribution in [2.45, 2.75) is 72.1 Å². The van der Waals surface area contributed by atoms with Crippen LogP contribution in [0.3, 0.4) is 0 Å². The molecule has 0 bridgehead atoms. The van der Waals surface area contributed by atoms with Gasteiger partial charge in [-0.3, -0.25) is 0 Å². The van der Waals surface area contributed by atoms with Gasteiger partial charge in [-0.2, -0.15) is 0 Å². The Labute approximate surface area is 169 Å². The first-order valence-corrected chi connectivity index (χ1v) is 10.5. The molecule has 0 aromatic carbocycles. The Balaban J connectivity index is 2.15. The minimum Gasteiger partial charge on any atom is -0.463 e. The van der Waals surface area contributed by atoms with Gasteiger partial charge in [0.05, 0.1) is 24.9 Å². The molecular formula is C23H36O5. The van der Waals surface area contributed by atoms with Gasteiger partial charge in [0.1, 0.15) is 0 Å². The van der Waals surface area contributed by atoms with Gasteiger partial charge in [0.25, 0.3) is 0 Å². The van der Waals surface area contributed by atoms with Crippen LogP contribution in [0, 0.1) is 23.7 Å². The number of aliphatic hydroxyl groups is 1. The number of hydrogen-bond acceptors (Lipinski definition) is 5. The molecule has 5 nitrogen and oxygen atoms in total. The third kappa shape index (κ3) is 4.94. The molecule has 0 aromatic rings. The van der Waals surface area contributed by atoms with Crippen LogP contribution in [-0.4, -0.2) is 41.8 Å². The number of esters is 1. The first kappa shape index (κ1) is 22.9. The lowest BCUT2D eigenvalue weighted by molar-refractivity contribution is -0.334. The molecule has 28 heavy (non-hydrogen) atoms. The molecule has 1 spiro atoms. The van der Waals surface area contributed by atoms with Gasteiger partial charge in [-0.25, -0.2) is 4.79 Å². The lowest BCUT2D eigenvalue weighted by atomic mass is 9.76. The fraction of sp³-hybridized carbons (Fsp3) is 0.696. The number of carbonyl (C=O) groups is 1. The van der Waals surface area contributed by atoms with E-state index in [4.69, 9.17) is 14.2 Å². The lowest BCUT2D eigenvalue weighted by Crippen LogP contribution is -2.60. The van der Waals surface area contributed by atoms with Gasteiger partial charge in [-0.1, -0.05) is 52.0 Å². The van der Waals surface area contributed by atoms with Crippen LogP contribution >= 0.6 is 0 Å². The maximum absolute atomic E-state index is 11.4. The Bertz CT molecular complexity index is 610. The highest BCUT2D eigenvalue weighted by Crippen LogP contribution is 2.45. The normalized spacial score (nSPS) is 39.7. The first-order chi connectivity index (χ1) is 13.3. The van der Waals surface area contributed by atoms with E-state index in [0.29, 0.717) is 12.5 Å². The summed E-state index contributed by atoms with van der Waals surface area (Å²) in [4.78, 5) is 11.4. The lowest BCUT2D eigenvalue weighted by Gasteiger charge is -2.53. The molecule has 1 N–H and O–H groups in total. The van der Waals surface area contributed by atoms with Crippen molar-refractivity contribution in [3.63, 3.8) is 0 Å². The van der Waals surface area contributed by atoms with E-state index in [2.05, 4.69) is 26.8 Å². The second-order valence-electron chi connectivity index (χ2n) is 8.05. The molecule has 1 saturated heterocycles. The van der Waals surface area contributed by atoms with Crippen molar-refractivity contribution in [3.05, 3.63) is 36.5 Å². The number of ether oxygens (including phenoxy) is 3. The zero-order valence-corrected chi connectivity index (χ0v) is 18.0. The Hall–Kier alpha value is -1.43. The highest BCUT2D eigenvalue weighted by molar-refractivity contribution is 5.82. The van der Waals surface area contributed by atoms with Crippen molar-refractivity contribution in [2.24, 2.45) is 23.7 Å². The zero-order valence-electron chi connectivity index (χ0n) is 18.0. The summed E-state index contributed by atoms with van der Waals surface area (Å²) >= 11 is 0. The fourth-order valence-corrected chi connectivity index (χ4v) is 4.20. The number of aliphatic hydroxyl groups excluding tert-OH is 1. The van der Waals surface area contributed by atoms with E-state index in [1.807, 2.05) is 32.1 Å². The van der Waals surface area contributed by atoms with Gasteiger partial charge in [0.15, 0.2) is 5.79 Å². The van der Waals surface area contributed by atoms with Crippen LogP contribution in [0.2, 0.25) is 0 Å². The van der Waals surface area contributed by atoms with Gasteiger partial charge in [0, 0.05) is 29.7 Å². The summed E-state index contributed by atoms with van der Waals surface area (Å²) in [5.74, 6) is -1.05. The van der Waals surface area contributed by atoms with Gasteiger partial charge in [-0.15, -0.1) is 0 Å². The average Bonchev–Trinajstić information content (AvgIpc) is 2.67. The monoisotopic (exact) mass is 392 g/mol. The minimum atomic E-state index is -0.898. The van der Waals surface area contributed by atoms with Crippen molar-refractivity contribution in [3.8, 4) is 0 Å². The van der Waals surface area contributed by atoms with Crippen LogP contribution in [0.5, 0.6) is 0 Å². The third-order valence-electron chi connectivity index (χ3n) is 6.11. The predicted octanol–water partition coefficient (Wildman–Crippen LogP) is 4.03. The molecule has 0 aliphatic carbocycles. The van der Waals surface area contributed by atoms with E-state index in [1.54, 1.807) is 13.0 Å². The molecule has 0 amide bonds. The molecule has 2 heterocycles. The summed E-state index contributed by atoms with van der Waals surface area (Å²) in [5, 5.41) is 10.9. The van der Waals surface area contributed by atoms with Crippen LogP contribution in [0.4, 0.5) is 0 Å². The Morgan fingerprint density at radius 3 is 2.57 bits per heavy atom. The molecular weight excluding hydrogens is 356 g/mol. The molecule has 2 aliphatic rings. The molecule has 2 rings (SSSR count). The van der Waals surface area contributed by atoms with E-state index in [9.17, 15) is 9.90 Å². The molecule has 158 valence electrons. The van der Waals surface area contributed by atoms with E-state index < -0.39 is 11.9 Å². The van der Waals surface area contributed by atoms with Crippen LogP contribution in [0.1, 0.15) is 48.0 Å². The van der Waals surface area contributed by atoms with E-state index >= 15 is 0 Å². The van der Waals surface area contributed by atoms with Crippen molar-refractivity contribution < 1.29 is 24.1 Å². The highest BCUT2D eigenvalue weighted by Gasteiger charge is 2.53. The molecule has 5 heteroatoms. The van der Waals surface area contributed by atoms with Crippen LogP contribution in [0.25, 0.3) is 0 Å². The van der Waals surface area contributed by atoms with Crippen molar-refractivity contribution in [1.29, 1.82) is 0 Å². The Morgan fingerprint density at radius 2 is 1.96 bits per heavy atom. The van der Waals surface area contributed by atoms with Crippen molar-refractivity contribution in [2.75, 3.05) is 6.61 Å². The van der Waals surface area contributed by atoms with Crippen molar-refractivity contribution >= 4 is 5.97 Å². The molecule has 0 radical (unpaired) electrons. The zero-order chi connectivity index (χ0) is 20.9. The minimum absolute atomic E-state index is 0.0366. The third-order valence-corrected chi connectivity index (χ3v) is 6.11. The summed E-state index contributed by atoms with van der Waals surface area (Å²) < 4.78 is 17.7. The van der Waals surface area contributed by atoms with Crippen molar-refractivity contribution in [1.82, 2.24) is 0 Å². The molecule has 0 aromatic heterocycles. The topological polar surface area (TPSA) is 65.0 Å². The van der Waals surface area contributed by atoms with Gasteiger partial charge in [-0.05, 0) is 26.3 Å². The summed E-state index contributed by atoms with van der Waals surface area (Å²) in [6, 6.07) is 0. The summed E-state index contributed by atoms with van der Waals surface area (Å²) in [7, 11) is 0. The Morgan fingerprint density at radius 1 is 1.25 bits per heavy atom. The van der Waals surface area contributed by atoms with E-state index in [1.165, 1.54) is 6.08 Å². The summed E-state index contributed by atoms with van der Waals surface area (Å²) in [6.07, 6.45) is 11.4. The molecule has 1 fully saturated rings. The van der Waals surface area contributed by atoms with Crippen LogP contribution in [0.15, 0.2) is 36.5 Å². The Kier molecular flexibility index (Phi) is 8.05. The van der Waals surface area contributed by atoms with Gasteiger partial charge in [0.2, 0.25) is 0 Å². The quantitative estimate of drug-likeness (QED) is 0.320. The standard InChI is InChI=1S/C23H36O5/c1-7-19-13-14-23(27-18(19)6)17(5)21(25)16(4)22(28-23)15(3)11-9-10-12-20(24)26-8-2/h9-19,21-22,25H,7-8H2,1-6H3/b11-9+,12-10+/t15-,16-,17-,18+,19-,21+,22-,23+/m0/s1. The first-order valence-electron chi connectivity index (χ1n) is 10.5. The second-order valence-corrected chi connectivity index (χ2v) is 8.05. The summed E-state index contributed by atoms with van der Waals surface area (Å²) in [5.41, 5.74) is 0. The number of rotatable bonds is 6. The number of hydrogen-bond donors (Lipinski definition) is 1. The van der Waals surface area contributed by atoms with Crippen LogP contribution in [-0.2, 0) is 19.0 Å². The second kappa shape index (κ2) is 9.86. The maximum atomic E-state index is 11.4. The summed E-state index contributed by atoms with van der Waals surface area (Å²) in [6.45, 7) is 12.4. The average molecular weight is 393 g/mol. The smallest absolute Gasteiger partial charge is 0.330 e. The van der Waals surface area contributed by atoms with Gasteiger partial charge < -0.3 is 19.3 Å².